The molecular weight excluding hydrogens is 377 g/mol. The van der Waals surface area contributed by atoms with E-state index in [0.717, 1.165) is 44.6 Å². The van der Waals surface area contributed by atoms with Crippen LogP contribution >= 0.6 is 24.0 Å². The van der Waals surface area contributed by atoms with Gasteiger partial charge in [0.25, 0.3) is 0 Å². The lowest BCUT2D eigenvalue weighted by Crippen LogP contribution is -2.42. The minimum Gasteiger partial charge on any atom is -0.381 e. The first kappa shape index (κ1) is 19.0. The maximum Gasteiger partial charge on any atom is 0.190 e. The van der Waals surface area contributed by atoms with Crippen LogP contribution in [0.15, 0.2) is 4.99 Å². The third kappa shape index (κ3) is 7.68. The van der Waals surface area contributed by atoms with Gasteiger partial charge in [-0.2, -0.15) is 0 Å². The summed E-state index contributed by atoms with van der Waals surface area (Å²) in [6.45, 7) is 6.17. The fraction of sp³-hybridized carbons (Fsp3) is 0.938. The van der Waals surface area contributed by atoms with Gasteiger partial charge in [-0.25, -0.2) is 0 Å². The molecule has 0 amide bonds. The van der Waals surface area contributed by atoms with Crippen LogP contribution in [-0.2, 0) is 4.74 Å². The summed E-state index contributed by atoms with van der Waals surface area (Å²) in [6.07, 6.45) is 9.22. The van der Waals surface area contributed by atoms with Crippen molar-refractivity contribution in [2.24, 2.45) is 16.3 Å². The number of guanidine groups is 1. The molecule has 2 N–H and O–H groups in total. The van der Waals surface area contributed by atoms with E-state index in [1.165, 1.54) is 38.5 Å². The molecule has 0 radical (unpaired) electrons. The molecule has 21 heavy (non-hydrogen) atoms. The Morgan fingerprint density at radius 1 is 1.24 bits per heavy atom. The molecule has 0 saturated heterocycles. The Hall–Kier alpha value is -0.0400. The molecule has 0 aromatic carbocycles. The molecule has 0 bridgehead atoms. The molecule has 5 heteroatoms. The lowest BCUT2D eigenvalue weighted by Gasteiger charge is -2.25. The van der Waals surface area contributed by atoms with Crippen molar-refractivity contribution in [3.8, 4) is 0 Å². The van der Waals surface area contributed by atoms with Gasteiger partial charge in [0.15, 0.2) is 5.96 Å². The molecule has 0 aromatic rings. The molecule has 0 aliphatic heterocycles. The Kier molecular flexibility index (Phi) is 8.94. The summed E-state index contributed by atoms with van der Waals surface area (Å²) in [5.41, 5.74) is 0.463. The molecule has 2 saturated carbocycles. The minimum atomic E-state index is 0. The fourth-order valence-corrected chi connectivity index (χ4v) is 2.84. The van der Waals surface area contributed by atoms with Gasteiger partial charge in [-0.3, -0.25) is 4.99 Å². The maximum atomic E-state index is 5.63. The largest absolute Gasteiger partial charge is 0.381 e. The molecule has 2 fully saturated rings. The molecule has 2 rings (SSSR count). The van der Waals surface area contributed by atoms with Gasteiger partial charge in [-0.05, 0) is 43.4 Å². The number of nitrogens with one attached hydrogen (secondary N) is 2. The summed E-state index contributed by atoms with van der Waals surface area (Å²) < 4.78 is 5.63. The van der Waals surface area contributed by atoms with Gasteiger partial charge < -0.3 is 15.4 Å². The number of hydrogen-bond donors (Lipinski definition) is 2. The first-order chi connectivity index (χ1) is 9.72. The van der Waals surface area contributed by atoms with E-state index in [2.05, 4.69) is 22.5 Å². The van der Waals surface area contributed by atoms with Crippen LogP contribution in [0.25, 0.3) is 0 Å². The second-order valence-electron chi connectivity index (χ2n) is 6.74. The number of halogens is 1. The summed E-state index contributed by atoms with van der Waals surface area (Å²) in [7, 11) is 1.84. The number of nitrogens with zero attached hydrogens (tertiary/aromatic N) is 1. The summed E-state index contributed by atoms with van der Waals surface area (Å²) in [4.78, 5) is 4.29. The van der Waals surface area contributed by atoms with Crippen molar-refractivity contribution in [1.29, 1.82) is 0 Å². The van der Waals surface area contributed by atoms with Crippen LogP contribution in [0.1, 0.15) is 51.9 Å². The predicted octanol–water partition coefficient (Wildman–Crippen LogP) is 3.17. The summed E-state index contributed by atoms with van der Waals surface area (Å²) in [5.74, 6) is 1.80. The van der Waals surface area contributed by atoms with Crippen molar-refractivity contribution in [1.82, 2.24) is 10.6 Å². The van der Waals surface area contributed by atoms with Crippen molar-refractivity contribution in [2.75, 3.05) is 33.4 Å². The molecule has 0 aromatic heterocycles. The highest BCUT2D eigenvalue weighted by atomic mass is 127. The number of ether oxygens (including phenoxy) is 1. The Bertz CT molecular complexity index is 313. The number of rotatable bonds is 8. The first-order valence-corrected chi connectivity index (χ1v) is 8.24. The summed E-state index contributed by atoms with van der Waals surface area (Å²) in [5, 5.41) is 6.84. The van der Waals surface area contributed by atoms with Gasteiger partial charge in [0.1, 0.15) is 0 Å². The zero-order chi connectivity index (χ0) is 14.3. The molecule has 0 heterocycles. The van der Waals surface area contributed by atoms with E-state index < -0.39 is 0 Å². The standard InChI is InChI=1S/C16H31N3O.HI/c1-16(8-3-4-9-16)13-19-15(17-2)18-10-5-11-20-12-14-6-7-14;/h14H,3-13H2,1-2H3,(H2,17,18,19);1H. The molecule has 4 nitrogen and oxygen atoms in total. The van der Waals surface area contributed by atoms with Crippen molar-refractivity contribution in [2.45, 2.75) is 51.9 Å². The smallest absolute Gasteiger partial charge is 0.190 e. The van der Waals surface area contributed by atoms with Crippen molar-refractivity contribution >= 4 is 29.9 Å². The fourth-order valence-electron chi connectivity index (χ4n) is 2.84. The highest BCUT2D eigenvalue weighted by Gasteiger charge is 2.28. The van der Waals surface area contributed by atoms with E-state index in [-0.39, 0.29) is 24.0 Å². The van der Waals surface area contributed by atoms with Crippen LogP contribution in [0, 0.1) is 11.3 Å². The molecule has 0 spiro atoms. The normalized spacial score (nSPS) is 21.0. The van der Waals surface area contributed by atoms with E-state index in [9.17, 15) is 0 Å². The second-order valence-corrected chi connectivity index (χ2v) is 6.74. The first-order valence-electron chi connectivity index (χ1n) is 8.24. The Morgan fingerprint density at radius 3 is 2.57 bits per heavy atom. The summed E-state index contributed by atoms with van der Waals surface area (Å²) in [6, 6.07) is 0. The molecule has 0 unspecified atom stereocenters. The molecule has 124 valence electrons. The van der Waals surface area contributed by atoms with Gasteiger partial charge in [0.2, 0.25) is 0 Å². The van der Waals surface area contributed by atoms with Crippen molar-refractivity contribution < 1.29 is 4.74 Å². The van der Waals surface area contributed by atoms with Gasteiger partial charge in [-0.15, -0.1) is 24.0 Å². The van der Waals surface area contributed by atoms with Crippen LogP contribution in [0.4, 0.5) is 0 Å². The van der Waals surface area contributed by atoms with Gasteiger partial charge in [0, 0.05) is 33.4 Å². The third-order valence-electron chi connectivity index (χ3n) is 4.53. The average Bonchev–Trinajstić information content (AvgIpc) is 3.18. The van der Waals surface area contributed by atoms with Crippen LogP contribution in [0.5, 0.6) is 0 Å². The van der Waals surface area contributed by atoms with E-state index in [1.807, 2.05) is 7.05 Å². The monoisotopic (exact) mass is 409 g/mol. The van der Waals surface area contributed by atoms with Crippen LogP contribution < -0.4 is 10.6 Å². The predicted molar refractivity (Wildman–Crippen MR) is 99.5 cm³/mol. The van der Waals surface area contributed by atoms with E-state index in [1.54, 1.807) is 0 Å². The Balaban J connectivity index is 0.00000220. The molecular formula is C16H32IN3O. The van der Waals surface area contributed by atoms with Crippen molar-refractivity contribution in [3.63, 3.8) is 0 Å². The third-order valence-corrected chi connectivity index (χ3v) is 4.53. The maximum absolute atomic E-state index is 5.63. The zero-order valence-electron chi connectivity index (χ0n) is 13.6. The highest BCUT2D eigenvalue weighted by Crippen LogP contribution is 2.36. The van der Waals surface area contributed by atoms with Gasteiger partial charge in [0.05, 0.1) is 0 Å². The highest BCUT2D eigenvalue weighted by molar-refractivity contribution is 14.0. The molecule has 0 atom stereocenters. The second kappa shape index (κ2) is 9.87. The topological polar surface area (TPSA) is 45.7 Å². The Morgan fingerprint density at radius 2 is 1.95 bits per heavy atom. The summed E-state index contributed by atoms with van der Waals surface area (Å²) >= 11 is 0. The van der Waals surface area contributed by atoms with E-state index >= 15 is 0 Å². The number of aliphatic imine (C=N–C) groups is 1. The molecule has 2 aliphatic rings. The van der Waals surface area contributed by atoms with Crippen LogP contribution in [-0.4, -0.2) is 39.3 Å². The van der Waals surface area contributed by atoms with Crippen molar-refractivity contribution in [3.05, 3.63) is 0 Å². The number of hydrogen-bond acceptors (Lipinski definition) is 2. The van der Waals surface area contributed by atoms with Gasteiger partial charge in [-0.1, -0.05) is 19.8 Å². The van der Waals surface area contributed by atoms with E-state index in [4.69, 9.17) is 4.74 Å². The lowest BCUT2D eigenvalue weighted by atomic mass is 9.89. The Labute approximate surface area is 146 Å². The lowest BCUT2D eigenvalue weighted by molar-refractivity contribution is 0.123. The van der Waals surface area contributed by atoms with Gasteiger partial charge >= 0.3 is 0 Å². The SMILES string of the molecule is CN=C(NCCCOCC1CC1)NCC1(C)CCCC1.I. The minimum absolute atomic E-state index is 0. The quantitative estimate of drug-likeness (QED) is 0.280. The van der Waals surface area contributed by atoms with Crippen LogP contribution in [0.2, 0.25) is 0 Å². The average molecular weight is 409 g/mol. The zero-order valence-corrected chi connectivity index (χ0v) is 15.9. The molecule has 2 aliphatic carbocycles. The van der Waals surface area contributed by atoms with E-state index in [0.29, 0.717) is 5.41 Å². The van der Waals surface area contributed by atoms with Crippen LogP contribution in [0.3, 0.4) is 0 Å².